The Hall–Kier alpha value is -0.570. The van der Waals surface area contributed by atoms with E-state index in [1.165, 1.54) is 0 Å². The van der Waals surface area contributed by atoms with Crippen molar-refractivity contribution in [3.8, 4) is 0 Å². The molecule has 10 heavy (non-hydrogen) atoms. The number of nitrogens with zero attached hydrogens (tertiary/aromatic N) is 3. The predicted molar refractivity (Wildman–Crippen MR) is 40.1 cm³/mol. The Bertz CT molecular complexity index is 209. The third-order valence-electron chi connectivity index (χ3n) is 1.37. The van der Waals surface area contributed by atoms with Crippen molar-refractivity contribution in [3.63, 3.8) is 0 Å². The Morgan fingerprint density at radius 1 is 1.50 bits per heavy atom. The van der Waals surface area contributed by atoms with Crippen LogP contribution >= 0.6 is 11.6 Å². The second-order valence-electron chi connectivity index (χ2n) is 2.54. The van der Waals surface area contributed by atoms with Crippen molar-refractivity contribution in [3.05, 3.63) is 10.8 Å². The van der Waals surface area contributed by atoms with Gasteiger partial charge >= 0.3 is 0 Å². The normalized spacial score (nSPS) is 10.9. The molecule has 0 amide bonds. The van der Waals surface area contributed by atoms with Crippen LogP contribution in [0, 0.1) is 0 Å². The van der Waals surface area contributed by atoms with Crippen LogP contribution in [0.15, 0.2) is 0 Å². The summed E-state index contributed by atoms with van der Waals surface area (Å²) >= 11 is 5.75. The van der Waals surface area contributed by atoms with Gasteiger partial charge in [0.15, 0.2) is 5.15 Å². The van der Waals surface area contributed by atoms with E-state index in [9.17, 15) is 0 Å². The summed E-state index contributed by atoms with van der Waals surface area (Å²) in [6, 6.07) is 0. The van der Waals surface area contributed by atoms with Gasteiger partial charge in [-0.1, -0.05) is 30.7 Å². The van der Waals surface area contributed by atoms with Gasteiger partial charge < -0.3 is 0 Å². The minimum absolute atomic E-state index is 0.382. The highest BCUT2D eigenvalue weighted by atomic mass is 35.5. The van der Waals surface area contributed by atoms with Crippen LogP contribution in [0.3, 0.4) is 0 Å². The fourth-order valence-corrected chi connectivity index (χ4v) is 1.33. The molecular formula is C6H10ClN3. The van der Waals surface area contributed by atoms with E-state index in [1.807, 2.05) is 7.05 Å². The van der Waals surface area contributed by atoms with Crippen LogP contribution in [0.4, 0.5) is 0 Å². The molecule has 0 aliphatic heterocycles. The standard InChI is InChI=1S/C6H10ClN3/c1-4(2)5-6(7)8-9-10(5)3/h4H,1-3H3. The molecule has 0 aromatic carbocycles. The van der Waals surface area contributed by atoms with Crippen LogP contribution in [0.1, 0.15) is 25.5 Å². The third kappa shape index (κ3) is 1.14. The summed E-state index contributed by atoms with van der Waals surface area (Å²) in [6.45, 7) is 4.12. The second kappa shape index (κ2) is 2.58. The monoisotopic (exact) mass is 159 g/mol. The summed E-state index contributed by atoms with van der Waals surface area (Å²) < 4.78 is 1.70. The molecule has 1 heterocycles. The summed E-state index contributed by atoms with van der Waals surface area (Å²) in [7, 11) is 1.84. The number of halogens is 1. The van der Waals surface area contributed by atoms with Gasteiger partial charge in [-0.15, -0.1) is 5.10 Å². The molecule has 1 aromatic rings. The number of aromatic nitrogens is 3. The zero-order chi connectivity index (χ0) is 7.72. The van der Waals surface area contributed by atoms with Gasteiger partial charge in [0.1, 0.15) is 0 Å². The lowest BCUT2D eigenvalue weighted by molar-refractivity contribution is 0.648. The van der Waals surface area contributed by atoms with Crippen LogP contribution in [0.5, 0.6) is 0 Å². The maximum Gasteiger partial charge on any atom is 0.174 e. The minimum Gasteiger partial charge on any atom is -0.251 e. The van der Waals surface area contributed by atoms with Gasteiger partial charge in [0.05, 0.1) is 5.69 Å². The van der Waals surface area contributed by atoms with Gasteiger partial charge in [-0.05, 0) is 5.92 Å². The van der Waals surface area contributed by atoms with E-state index >= 15 is 0 Å². The summed E-state index contributed by atoms with van der Waals surface area (Å²) in [5.41, 5.74) is 0.988. The molecule has 1 rings (SSSR count). The van der Waals surface area contributed by atoms with E-state index in [2.05, 4.69) is 24.2 Å². The summed E-state index contributed by atoms with van der Waals surface area (Å²) in [5.74, 6) is 0.382. The van der Waals surface area contributed by atoms with E-state index in [0.29, 0.717) is 11.1 Å². The van der Waals surface area contributed by atoms with Crippen molar-refractivity contribution < 1.29 is 0 Å². The Labute approximate surface area is 65.0 Å². The molecule has 0 saturated heterocycles. The minimum atomic E-state index is 0.382. The van der Waals surface area contributed by atoms with Crippen molar-refractivity contribution in [1.82, 2.24) is 15.0 Å². The largest absolute Gasteiger partial charge is 0.251 e. The van der Waals surface area contributed by atoms with Crippen molar-refractivity contribution >= 4 is 11.6 Å². The molecule has 0 fully saturated rings. The van der Waals surface area contributed by atoms with Crippen molar-refractivity contribution in [2.45, 2.75) is 19.8 Å². The van der Waals surface area contributed by atoms with E-state index < -0.39 is 0 Å². The highest BCUT2D eigenvalue weighted by Crippen LogP contribution is 2.19. The fourth-order valence-electron chi connectivity index (χ4n) is 0.951. The molecule has 0 unspecified atom stereocenters. The summed E-state index contributed by atoms with van der Waals surface area (Å²) in [6.07, 6.45) is 0. The Morgan fingerprint density at radius 2 is 2.10 bits per heavy atom. The molecule has 0 aliphatic rings. The quantitative estimate of drug-likeness (QED) is 0.623. The molecule has 0 atom stereocenters. The van der Waals surface area contributed by atoms with Crippen molar-refractivity contribution in [1.29, 1.82) is 0 Å². The highest BCUT2D eigenvalue weighted by molar-refractivity contribution is 6.30. The number of rotatable bonds is 1. The topological polar surface area (TPSA) is 30.7 Å². The van der Waals surface area contributed by atoms with Crippen LogP contribution in [0.2, 0.25) is 5.15 Å². The molecule has 0 saturated carbocycles. The molecule has 0 aliphatic carbocycles. The number of hydrogen-bond acceptors (Lipinski definition) is 2. The van der Waals surface area contributed by atoms with Crippen molar-refractivity contribution in [2.75, 3.05) is 0 Å². The van der Waals surface area contributed by atoms with Crippen LogP contribution in [-0.4, -0.2) is 15.0 Å². The number of aryl methyl sites for hydroxylation is 1. The average molecular weight is 160 g/mol. The van der Waals surface area contributed by atoms with Gasteiger partial charge in [0.25, 0.3) is 0 Å². The zero-order valence-electron chi connectivity index (χ0n) is 6.30. The van der Waals surface area contributed by atoms with Gasteiger partial charge in [-0.25, -0.2) is 0 Å². The first kappa shape index (κ1) is 7.54. The lowest BCUT2D eigenvalue weighted by Gasteiger charge is -2.02. The second-order valence-corrected chi connectivity index (χ2v) is 2.90. The molecule has 4 heteroatoms. The molecule has 0 radical (unpaired) electrons. The van der Waals surface area contributed by atoms with E-state index in [4.69, 9.17) is 11.6 Å². The molecule has 0 bridgehead atoms. The summed E-state index contributed by atoms with van der Waals surface area (Å²) in [5, 5.41) is 8.00. The Balaban J connectivity index is 3.10. The van der Waals surface area contributed by atoms with E-state index in [-0.39, 0.29) is 0 Å². The smallest absolute Gasteiger partial charge is 0.174 e. The van der Waals surface area contributed by atoms with Crippen LogP contribution in [-0.2, 0) is 7.05 Å². The Morgan fingerprint density at radius 3 is 2.30 bits per heavy atom. The molecule has 3 nitrogen and oxygen atoms in total. The Kier molecular flexibility index (Phi) is 1.94. The first-order valence-corrected chi connectivity index (χ1v) is 3.55. The van der Waals surface area contributed by atoms with E-state index in [0.717, 1.165) is 5.69 Å². The van der Waals surface area contributed by atoms with Gasteiger partial charge in [0.2, 0.25) is 0 Å². The van der Waals surface area contributed by atoms with Crippen molar-refractivity contribution in [2.24, 2.45) is 7.05 Å². The zero-order valence-corrected chi connectivity index (χ0v) is 7.05. The van der Waals surface area contributed by atoms with Crippen LogP contribution < -0.4 is 0 Å². The third-order valence-corrected chi connectivity index (χ3v) is 1.64. The molecule has 56 valence electrons. The first-order chi connectivity index (χ1) is 4.63. The predicted octanol–water partition coefficient (Wildman–Crippen LogP) is 1.59. The molecular weight excluding hydrogens is 150 g/mol. The number of hydrogen-bond donors (Lipinski definition) is 0. The fraction of sp³-hybridized carbons (Fsp3) is 0.667. The molecule has 0 N–H and O–H groups in total. The van der Waals surface area contributed by atoms with Gasteiger partial charge in [0, 0.05) is 7.05 Å². The molecule has 1 aromatic heterocycles. The van der Waals surface area contributed by atoms with E-state index in [1.54, 1.807) is 4.68 Å². The van der Waals surface area contributed by atoms with Crippen LogP contribution in [0.25, 0.3) is 0 Å². The maximum absolute atomic E-state index is 5.75. The SMILES string of the molecule is CC(C)c1c(Cl)nnn1C. The lowest BCUT2D eigenvalue weighted by Crippen LogP contribution is -1.99. The maximum atomic E-state index is 5.75. The highest BCUT2D eigenvalue weighted by Gasteiger charge is 2.10. The summed E-state index contributed by atoms with van der Waals surface area (Å²) in [4.78, 5) is 0. The lowest BCUT2D eigenvalue weighted by atomic mass is 10.1. The van der Waals surface area contributed by atoms with Gasteiger partial charge in [-0.2, -0.15) is 0 Å². The average Bonchev–Trinajstić information content (AvgIpc) is 2.11. The van der Waals surface area contributed by atoms with Gasteiger partial charge in [-0.3, -0.25) is 4.68 Å². The first-order valence-electron chi connectivity index (χ1n) is 3.18. The molecule has 0 spiro atoms.